The molecule has 10 heteroatoms. The van der Waals surface area contributed by atoms with E-state index in [0.29, 0.717) is 42.5 Å². The summed E-state index contributed by atoms with van der Waals surface area (Å²) in [6, 6.07) is 5.57. The van der Waals surface area contributed by atoms with Crippen molar-refractivity contribution in [1.82, 2.24) is 29.0 Å². The van der Waals surface area contributed by atoms with E-state index < -0.39 is 0 Å². The molecule has 3 aromatic rings. The molecule has 0 bridgehead atoms. The Hall–Kier alpha value is -3.40. The number of amides is 1. The fourth-order valence-electron chi connectivity index (χ4n) is 4.36. The molecule has 2 aliphatic heterocycles. The van der Waals surface area contributed by atoms with Crippen LogP contribution in [0.2, 0.25) is 0 Å². The third-order valence-electron chi connectivity index (χ3n) is 6.19. The lowest BCUT2D eigenvalue weighted by atomic mass is 10.1. The van der Waals surface area contributed by atoms with Crippen molar-refractivity contribution in [1.29, 1.82) is 0 Å². The lowest BCUT2D eigenvalue weighted by Gasteiger charge is -2.31. The highest BCUT2D eigenvalue weighted by atomic mass is 16.5. The van der Waals surface area contributed by atoms with E-state index >= 15 is 0 Å². The summed E-state index contributed by atoms with van der Waals surface area (Å²) in [6.45, 7) is 3.94. The van der Waals surface area contributed by atoms with Crippen molar-refractivity contribution in [3.05, 3.63) is 46.6 Å². The minimum Gasteiger partial charge on any atom is -0.488 e. The second kappa shape index (κ2) is 8.86. The van der Waals surface area contributed by atoms with Gasteiger partial charge in [-0.2, -0.15) is 0 Å². The Morgan fingerprint density at radius 2 is 1.97 bits per heavy atom. The van der Waals surface area contributed by atoms with Crippen molar-refractivity contribution >= 4 is 23.1 Å². The Morgan fingerprint density at radius 1 is 1.15 bits per heavy atom. The molecule has 5 rings (SSSR count). The maximum atomic E-state index is 12.9. The molecule has 2 aliphatic rings. The van der Waals surface area contributed by atoms with Gasteiger partial charge >= 0.3 is 5.69 Å². The van der Waals surface area contributed by atoms with E-state index in [4.69, 9.17) is 4.74 Å². The number of rotatable bonds is 5. The highest BCUT2D eigenvalue weighted by Gasteiger charge is 2.25. The minimum absolute atomic E-state index is 0.00906. The zero-order valence-corrected chi connectivity index (χ0v) is 19.1. The molecule has 0 saturated carbocycles. The number of likely N-dealkylation sites (N-methyl/N-ethyl adjacent to an activating group) is 1. The van der Waals surface area contributed by atoms with Gasteiger partial charge in [0.05, 0.1) is 18.7 Å². The van der Waals surface area contributed by atoms with Gasteiger partial charge in [0.15, 0.2) is 17.2 Å². The minimum atomic E-state index is -0.153. The summed E-state index contributed by atoms with van der Waals surface area (Å²) in [7, 11) is 3.93. The SMILES string of the molecule is CN(C)CCn1nc2cc(N3CCOc4cc(C(=O)N5CCCCC5)cnc43)ccn2c1=O. The molecule has 5 heterocycles. The Balaban J connectivity index is 1.42. The smallest absolute Gasteiger partial charge is 0.350 e. The number of pyridine rings is 2. The average Bonchev–Trinajstić information content (AvgIpc) is 3.16. The Labute approximate surface area is 192 Å². The number of anilines is 2. The van der Waals surface area contributed by atoms with Crippen molar-refractivity contribution < 1.29 is 9.53 Å². The monoisotopic (exact) mass is 451 g/mol. The van der Waals surface area contributed by atoms with Gasteiger partial charge in [0.2, 0.25) is 0 Å². The van der Waals surface area contributed by atoms with E-state index in [-0.39, 0.29) is 11.6 Å². The molecular weight excluding hydrogens is 422 g/mol. The summed E-state index contributed by atoms with van der Waals surface area (Å²) in [6.07, 6.45) is 6.65. The van der Waals surface area contributed by atoms with E-state index in [2.05, 4.69) is 10.1 Å². The molecule has 1 saturated heterocycles. The standard InChI is InChI=1S/C23H29N7O3/c1-26(2)10-11-30-23(32)29-9-6-18(15-20(29)25-30)28-12-13-33-19-14-17(16-24-21(19)28)22(31)27-7-4-3-5-8-27/h6,9,14-16H,3-5,7-8,10-13H2,1-2H3. The van der Waals surface area contributed by atoms with Gasteiger partial charge in [-0.3, -0.25) is 9.20 Å². The molecule has 0 radical (unpaired) electrons. The molecule has 3 aromatic heterocycles. The molecule has 1 fully saturated rings. The number of nitrogens with zero attached hydrogens (tertiary/aromatic N) is 7. The molecule has 0 aliphatic carbocycles. The predicted octanol–water partition coefficient (Wildman–Crippen LogP) is 1.61. The Kier molecular flexibility index (Phi) is 5.76. The van der Waals surface area contributed by atoms with Crippen LogP contribution in [0.1, 0.15) is 29.6 Å². The number of carbonyl (C=O) groups is 1. The number of likely N-dealkylation sites (tertiary alicyclic amines) is 1. The van der Waals surface area contributed by atoms with E-state index in [1.54, 1.807) is 22.9 Å². The molecular formula is C23H29N7O3. The van der Waals surface area contributed by atoms with Crippen molar-refractivity contribution in [2.45, 2.75) is 25.8 Å². The van der Waals surface area contributed by atoms with Crippen molar-refractivity contribution in [3.8, 4) is 5.75 Å². The third-order valence-corrected chi connectivity index (χ3v) is 6.19. The molecule has 0 N–H and O–H groups in total. The normalized spacial score (nSPS) is 16.2. The molecule has 0 aromatic carbocycles. The van der Waals surface area contributed by atoms with Gasteiger partial charge in [0, 0.05) is 43.8 Å². The van der Waals surface area contributed by atoms with Crippen LogP contribution in [0.3, 0.4) is 0 Å². The summed E-state index contributed by atoms with van der Waals surface area (Å²) < 4.78 is 8.90. The van der Waals surface area contributed by atoms with E-state index in [1.165, 1.54) is 11.1 Å². The average molecular weight is 452 g/mol. The first-order valence-corrected chi connectivity index (χ1v) is 11.4. The van der Waals surface area contributed by atoms with Crippen LogP contribution in [0.15, 0.2) is 35.4 Å². The summed E-state index contributed by atoms with van der Waals surface area (Å²) in [5.41, 5.74) is 1.86. The number of hydrogen-bond acceptors (Lipinski definition) is 7. The van der Waals surface area contributed by atoms with Gasteiger partial charge in [-0.1, -0.05) is 0 Å². The second-order valence-corrected chi connectivity index (χ2v) is 8.82. The first-order chi connectivity index (χ1) is 16.0. The first-order valence-electron chi connectivity index (χ1n) is 11.4. The Bertz CT molecular complexity index is 1230. The zero-order valence-electron chi connectivity index (χ0n) is 19.1. The number of piperidine rings is 1. The second-order valence-electron chi connectivity index (χ2n) is 8.82. The van der Waals surface area contributed by atoms with E-state index in [1.807, 2.05) is 40.9 Å². The van der Waals surface area contributed by atoms with Crippen molar-refractivity contribution in [3.63, 3.8) is 0 Å². The number of aromatic nitrogens is 4. The molecule has 0 spiro atoms. The van der Waals surface area contributed by atoms with E-state index in [0.717, 1.165) is 38.2 Å². The number of fused-ring (bicyclic) bond motifs is 2. The predicted molar refractivity (Wildman–Crippen MR) is 124 cm³/mol. The summed E-state index contributed by atoms with van der Waals surface area (Å²) in [5, 5.41) is 4.50. The topological polar surface area (TPSA) is 88.2 Å². The highest BCUT2D eigenvalue weighted by Crippen LogP contribution is 2.35. The van der Waals surface area contributed by atoms with Crippen LogP contribution in [0.4, 0.5) is 11.5 Å². The van der Waals surface area contributed by atoms with Crippen molar-refractivity contribution in [2.75, 3.05) is 51.8 Å². The number of carbonyl (C=O) groups excluding carboxylic acids is 1. The lowest BCUT2D eigenvalue weighted by molar-refractivity contribution is 0.0723. The maximum absolute atomic E-state index is 12.9. The van der Waals surface area contributed by atoms with Crippen LogP contribution >= 0.6 is 0 Å². The summed E-state index contributed by atoms with van der Waals surface area (Å²) in [5.74, 6) is 1.27. The Morgan fingerprint density at radius 3 is 2.76 bits per heavy atom. The van der Waals surface area contributed by atoms with Crippen LogP contribution in [-0.4, -0.2) is 81.8 Å². The van der Waals surface area contributed by atoms with Crippen LogP contribution < -0.4 is 15.3 Å². The molecule has 1 amide bonds. The molecule has 33 heavy (non-hydrogen) atoms. The van der Waals surface area contributed by atoms with E-state index in [9.17, 15) is 9.59 Å². The van der Waals surface area contributed by atoms with Crippen LogP contribution in [0.25, 0.3) is 5.65 Å². The van der Waals surface area contributed by atoms with Gasteiger partial charge in [-0.25, -0.2) is 14.5 Å². The highest BCUT2D eigenvalue weighted by molar-refractivity contribution is 5.95. The maximum Gasteiger partial charge on any atom is 0.350 e. The van der Waals surface area contributed by atoms with Crippen LogP contribution in [0.5, 0.6) is 5.75 Å². The fraction of sp³-hybridized carbons (Fsp3) is 0.478. The van der Waals surface area contributed by atoms with Crippen molar-refractivity contribution in [2.24, 2.45) is 0 Å². The molecule has 0 unspecified atom stereocenters. The first kappa shape index (κ1) is 21.4. The molecule has 10 nitrogen and oxygen atoms in total. The summed E-state index contributed by atoms with van der Waals surface area (Å²) in [4.78, 5) is 36.1. The van der Waals surface area contributed by atoms with Crippen LogP contribution in [-0.2, 0) is 6.54 Å². The van der Waals surface area contributed by atoms with Gasteiger partial charge in [0.1, 0.15) is 6.61 Å². The fourth-order valence-corrected chi connectivity index (χ4v) is 4.36. The zero-order chi connectivity index (χ0) is 22.9. The van der Waals surface area contributed by atoms with Gasteiger partial charge in [-0.05, 0) is 45.5 Å². The van der Waals surface area contributed by atoms with Gasteiger partial charge in [0.25, 0.3) is 5.91 Å². The summed E-state index contributed by atoms with van der Waals surface area (Å²) >= 11 is 0. The number of hydrogen-bond donors (Lipinski definition) is 0. The quantitative estimate of drug-likeness (QED) is 0.582. The lowest BCUT2D eigenvalue weighted by Crippen LogP contribution is -2.36. The largest absolute Gasteiger partial charge is 0.488 e. The number of ether oxygens (including phenoxy) is 1. The van der Waals surface area contributed by atoms with Gasteiger partial charge < -0.3 is 19.4 Å². The molecule has 174 valence electrons. The van der Waals surface area contributed by atoms with Gasteiger partial charge in [-0.15, -0.1) is 5.10 Å². The van der Waals surface area contributed by atoms with Crippen LogP contribution in [0, 0.1) is 0 Å². The molecule has 0 atom stereocenters. The third kappa shape index (κ3) is 4.18.